The first-order chi connectivity index (χ1) is 12.3. The van der Waals surface area contributed by atoms with Crippen molar-refractivity contribution in [1.82, 2.24) is 9.97 Å². The van der Waals surface area contributed by atoms with Gasteiger partial charge in [-0.15, -0.1) is 0 Å². The van der Waals surface area contributed by atoms with E-state index in [2.05, 4.69) is 20.6 Å². The van der Waals surface area contributed by atoms with Gasteiger partial charge in [0.15, 0.2) is 11.5 Å². The van der Waals surface area contributed by atoms with Crippen LogP contribution in [0.5, 0.6) is 11.5 Å². The second-order valence-electron chi connectivity index (χ2n) is 6.29. The largest absolute Gasteiger partial charge is 0.493 e. The smallest absolute Gasteiger partial charge is 0.224 e. The lowest BCUT2D eigenvalue weighted by Gasteiger charge is -2.23. The van der Waals surface area contributed by atoms with Gasteiger partial charge in [0.2, 0.25) is 5.95 Å². The molecule has 1 aromatic carbocycles. The summed E-state index contributed by atoms with van der Waals surface area (Å²) in [7, 11) is 3.27. The highest BCUT2D eigenvalue weighted by Crippen LogP contribution is 2.27. The fourth-order valence-corrected chi connectivity index (χ4v) is 3.15. The van der Waals surface area contributed by atoms with Crippen LogP contribution in [0.1, 0.15) is 37.7 Å². The minimum Gasteiger partial charge on any atom is -0.493 e. The molecule has 25 heavy (non-hydrogen) atoms. The molecule has 6 nitrogen and oxygen atoms in total. The standard InChI is InChI=1S/C19H26N4O2/c1-24-16-9-8-14(12-17(16)25-2)13-21-19-20-11-10-18(23-19)22-15-6-4-3-5-7-15/h8-12,15H,3-7,13H2,1-2H3,(H2,20,21,22,23). The SMILES string of the molecule is COc1ccc(CNc2nccc(NC3CCCCC3)n2)cc1OC. The molecule has 1 saturated carbocycles. The van der Waals surface area contributed by atoms with Gasteiger partial charge in [0, 0.05) is 18.8 Å². The molecule has 0 saturated heterocycles. The topological polar surface area (TPSA) is 68.3 Å². The first-order valence-corrected chi connectivity index (χ1v) is 8.83. The molecule has 1 aliphatic carbocycles. The first-order valence-electron chi connectivity index (χ1n) is 8.83. The van der Waals surface area contributed by atoms with Crippen molar-refractivity contribution in [2.75, 3.05) is 24.9 Å². The molecule has 0 amide bonds. The van der Waals surface area contributed by atoms with E-state index in [-0.39, 0.29) is 0 Å². The van der Waals surface area contributed by atoms with Crippen molar-refractivity contribution < 1.29 is 9.47 Å². The molecule has 0 unspecified atom stereocenters. The van der Waals surface area contributed by atoms with Gasteiger partial charge in [-0.2, -0.15) is 4.98 Å². The summed E-state index contributed by atoms with van der Waals surface area (Å²) >= 11 is 0. The van der Waals surface area contributed by atoms with Gasteiger partial charge < -0.3 is 20.1 Å². The van der Waals surface area contributed by atoms with Crippen molar-refractivity contribution >= 4 is 11.8 Å². The highest BCUT2D eigenvalue weighted by Gasteiger charge is 2.13. The molecule has 1 aliphatic rings. The molecule has 0 spiro atoms. The van der Waals surface area contributed by atoms with Gasteiger partial charge in [0.1, 0.15) is 5.82 Å². The lowest BCUT2D eigenvalue weighted by Crippen LogP contribution is -2.23. The summed E-state index contributed by atoms with van der Waals surface area (Å²) in [5, 5.41) is 6.79. The Morgan fingerprint density at radius 1 is 1.04 bits per heavy atom. The maximum atomic E-state index is 5.34. The highest BCUT2D eigenvalue weighted by molar-refractivity contribution is 5.45. The van der Waals surface area contributed by atoms with E-state index in [0.29, 0.717) is 18.5 Å². The normalized spacial score (nSPS) is 14.8. The number of aromatic nitrogens is 2. The monoisotopic (exact) mass is 342 g/mol. The third-order valence-electron chi connectivity index (χ3n) is 4.51. The maximum absolute atomic E-state index is 5.34. The van der Waals surface area contributed by atoms with Crippen molar-refractivity contribution in [3.63, 3.8) is 0 Å². The predicted octanol–water partition coefficient (Wildman–Crippen LogP) is 3.85. The van der Waals surface area contributed by atoms with Gasteiger partial charge in [-0.3, -0.25) is 0 Å². The predicted molar refractivity (Wildman–Crippen MR) is 99.4 cm³/mol. The van der Waals surface area contributed by atoms with Gasteiger partial charge >= 0.3 is 0 Å². The van der Waals surface area contributed by atoms with Gasteiger partial charge in [-0.25, -0.2) is 4.98 Å². The fourth-order valence-electron chi connectivity index (χ4n) is 3.15. The molecular weight excluding hydrogens is 316 g/mol. The minimum atomic E-state index is 0.530. The van der Waals surface area contributed by atoms with Crippen LogP contribution in [0.4, 0.5) is 11.8 Å². The first kappa shape index (κ1) is 17.3. The van der Waals surface area contributed by atoms with E-state index in [4.69, 9.17) is 9.47 Å². The zero-order chi connectivity index (χ0) is 17.5. The molecular formula is C19H26N4O2. The summed E-state index contributed by atoms with van der Waals surface area (Å²) in [4.78, 5) is 8.87. The van der Waals surface area contributed by atoms with E-state index in [1.807, 2.05) is 24.3 Å². The van der Waals surface area contributed by atoms with Crippen LogP contribution in [0.3, 0.4) is 0 Å². The van der Waals surface area contributed by atoms with Crippen molar-refractivity contribution in [2.24, 2.45) is 0 Å². The number of ether oxygens (including phenoxy) is 2. The molecule has 1 fully saturated rings. The summed E-state index contributed by atoms with van der Waals surface area (Å²) in [5.41, 5.74) is 1.08. The van der Waals surface area contributed by atoms with Crippen LogP contribution < -0.4 is 20.1 Å². The van der Waals surface area contributed by atoms with Gasteiger partial charge in [0.05, 0.1) is 14.2 Å². The average Bonchev–Trinajstić information content (AvgIpc) is 2.67. The Morgan fingerprint density at radius 3 is 2.60 bits per heavy atom. The van der Waals surface area contributed by atoms with E-state index in [1.165, 1.54) is 32.1 Å². The number of rotatable bonds is 7. The number of hydrogen-bond acceptors (Lipinski definition) is 6. The van der Waals surface area contributed by atoms with Crippen molar-refractivity contribution in [2.45, 2.75) is 44.7 Å². The van der Waals surface area contributed by atoms with Gasteiger partial charge in [0.25, 0.3) is 0 Å². The van der Waals surface area contributed by atoms with E-state index in [0.717, 1.165) is 22.9 Å². The van der Waals surface area contributed by atoms with Gasteiger partial charge in [-0.1, -0.05) is 25.3 Å². The van der Waals surface area contributed by atoms with Crippen LogP contribution in [0.15, 0.2) is 30.5 Å². The Hall–Kier alpha value is -2.50. The Balaban J connectivity index is 1.60. The molecule has 1 aromatic heterocycles. The second-order valence-corrected chi connectivity index (χ2v) is 6.29. The van der Waals surface area contributed by atoms with E-state index < -0.39 is 0 Å². The quantitative estimate of drug-likeness (QED) is 0.796. The Labute approximate surface area is 149 Å². The van der Waals surface area contributed by atoms with Crippen LogP contribution in [-0.2, 0) is 6.54 Å². The number of methoxy groups -OCH3 is 2. The molecule has 0 radical (unpaired) electrons. The molecule has 0 aliphatic heterocycles. The van der Waals surface area contributed by atoms with E-state index >= 15 is 0 Å². The highest BCUT2D eigenvalue weighted by atomic mass is 16.5. The zero-order valence-electron chi connectivity index (χ0n) is 14.9. The van der Waals surface area contributed by atoms with Gasteiger partial charge in [-0.05, 0) is 36.6 Å². The van der Waals surface area contributed by atoms with Crippen LogP contribution in [0.2, 0.25) is 0 Å². The third kappa shape index (κ3) is 4.75. The van der Waals surface area contributed by atoms with Crippen molar-refractivity contribution in [1.29, 1.82) is 0 Å². The number of benzene rings is 1. The molecule has 1 heterocycles. The molecule has 0 atom stereocenters. The van der Waals surface area contributed by atoms with Crippen LogP contribution in [0, 0.1) is 0 Å². The zero-order valence-corrected chi connectivity index (χ0v) is 14.9. The lowest BCUT2D eigenvalue weighted by molar-refractivity contribution is 0.354. The van der Waals surface area contributed by atoms with Crippen molar-refractivity contribution in [3.05, 3.63) is 36.0 Å². The Kier molecular flexibility index (Phi) is 5.93. The second kappa shape index (κ2) is 8.55. The van der Waals surface area contributed by atoms with E-state index in [1.54, 1.807) is 20.4 Å². The fraction of sp³-hybridized carbons (Fsp3) is 0.474. The van der Waals surface area contributed by atoms with Crippen LogP contribution in [-0.4, -0.2) is 30.2 Å². The molecule has 134 valence electrons. The summed E-state index contributed by atoms with van der Waals surface area (Å²) in [6, 6.07) is 8.31. The lowest BCUT2D eigenvalue weighted by atomic mass is 9.95. The number of hydrogen-bond donors (Lipinski definition) is 2. The number of anilines is 2. The van der Waals surface area contributed by atoms with Crippen LogP contribution in [0.25, 0.3) is 0 Å². The molecule has 0 bridgehead atoms. The summed E-state index contributed by atoms with van der Waals surface area (Å²) in [5.74, 6) is 2.95. The summed E-state index contributed by atoms with van der Waals surface area (Å²) < 4.78 is 10.6. The Morgan fingerprint density at radius 2 is 1.84 bits per heavy atom. The average molecular weight is 342 g/mol. The molecule has 2 aromatic rings. The molecule has 3 rings (SSSR count). The summed E-state index contributed by atoms with van der Waals surface area (Å²) in [6.07, 6.45) is 8.17. The summed E-state index contributed by atoms with van der Waals surface area (Å²) in [6.45, 7) is 0.618. The number of nitrogens with one attached hydrogen (secondary N) is 2. The third-order valence-corrected chi connectivity index (χ3v) is 4.51. The Bertz CT molecular complexity index is 687. The number of nitrogens with zero attached hydrogens (tertiary/aromatic N) is 2. The maximum Gasteiger partial charge on any atom is 0.224 e. The van der Waals surface area contributed by atoms with Crippen molar-refractivity contribution in [3.8, 4) is 11.5 Å². The van der Waals surface area contributed by atoms with E-state index in [9.17, 15) is 0 Å². The minimum absolute atomic E-state index is 0.530. The molecule has 2 N–H and O–H groups in total. The molecule has 6 heteroatoms. The van der Waals surface area contributed by atoms with Crippen LogP contribution >= 0.6 is 0 Å².